The van der Waals surface area contributed by atoms with Gasteiger partial charge in [-0.2, -0.15) is 0 Å². The van der Waals surface area contributed by atoms with Crippen molar-refractivity contribution in [3.8, 4) is 0 Å². The zero-order valence-corrected chi connectivity index (χ0v) is 11.4. The van der Waals surface area contributed by atoms with Crippen LogP contribution in [0.3, 0.4) is 0 Å². The molecule has 4 aliphatic rings. The van der Waals surface area contributed by atoms with Crippen LogP contribution in [-0.2, 0) is 9.31 Å². The van der Waals surface area contributed by atoms with Crippen molar-refractivity contribution in [3.05, 3.63) is 0 Å². The van der Waals surface area contributed by atoms with Gasteiger partial charge in [0.15, 0.2) is 0 Å². The van der Waals surface area contributed by atoms with E-state index in [2.05, 4.69) is 27.7 Å². The molecule has 3 saturated carbocycles. The smallest absolute Gasteiger partial charge is 0.404 e. The summed E-state index contributed by atoms with van der Waals surface area (Å²) in [6, 6.07) is 0. The predicted octanol–water partition coefficient (Wildman–Crippen LogP) is 1.99. The van der Waals surface area contributed by atoms with Gasteiger partial charge in [-0.15, -0.1) is 0 Å². The summed E-state index contributed by atoms with van der Waals surface area (Å²) in [4.78, 5) is 0. The minimum Gasteiger partial charge on any atom is -0.404 e. The van der Waals surface area contributed by atoms with Gasteiger partial charge in [-0.25, -0.2) is 0 Å². The summed E-state index contributed by atoms with van der Waals surface area (Å²) in [7, 11) is -0.190. The molecular formula is C13H24BNO2. The Kier molecular flexibility index (Phi) is 2.46. The quantitative estimate of drug-likeness (QED) is 0.747. The Morgan fingerprint density at radius 1 is 1.35 bits per heavy atom. The van der Waals surface area contributed by atoms with Crippen molar-refractivity contribution in [2.45, 2.75) is 64.6 Å². The van der Waals surface area contributed by atoms with E-state index in [1.54, 1.807) is 0 Å². The molecular weight excluding hydrogens is 213 g/mol. The predicted molar refractivity (Wildman–Crippen MR) is 68.4 cm³/mol. The standard InChI is InChI=1S/C13H24BNO2/c1-5-11(15)14-16-10-7-8-6-9(12(8,2)3)13(10,4)17-14/h8-11H,5-7,15H2,1-4H3/t8-,9-,10?,11-,13-/m0/s1. The molecule has 0 aromatic carbocycles. The van der Waals surface area contributed by atoms with E-state index in [1.807, 2.05) is 0 Å². The molecule has 0 amide bonds. The summed E-state index contributed by atoms with van der Waals surface area (Å²) in [5.41, 5.74) is 6.38. The number of nitrogens with two attached hydrogens (primary N) is 1. The highest BCUT2D eigenvalue weighted by Crippen LogP contribution is 2.65. The van der Waals surface area contributed by atoms with Crippen LogP contribution in [0.4, 0.5) is 0 Å². The van der Waals surface area contributed by atoms with Crippen molar-refractivity contribution in [2.24, 2.45) is 23.0 Å². The van der Waals surface area contributed by atoms with Gasteiger partial charge in [0.2, 0.25) is 0 Å². The third-order valence-electron chi connectivity index (χ3n) is 5.79. The fourth-order valence-corrected chi connectivity index (χ4v) is 4.27. The van der Waals surface area contributed by atoms with Crippen LogP contribution in [0.25, 0.3) is 0 Å². The van der Waals surface area contributed by atoms with Crippen molar-refractivity contribution >= 4 is 7.12 Å². The zero-order valence-electron chi connectivity index (χ0n) is 11.4. The molecule has 1 saturated heterocycles. The molecule has 2 bridgehead atoms. The second-order valence-electron chi connectivity index (χ2n) is 6.91. The van der Waals surface area contributed by atoms with E-state index in [-0.39, 0.29) is 24.8 Å². The van der Waals surface area contributed by atoms with Crippen LogP contribution in [0.5, 0.6) is 0 Å². The first-order valence-corrected chi connectivity index (χ1v) is 6.98. The van der Waals surface area contributed by atoms with E-state index in [0.717, 1.165) is 18.8 Å². The lowest BCUT2D eigenvalue weighted by Crippen LogP contribution is -2.65. The highest BCUT2D eigenvalue weighted by Gasteiger charge is 2.68. The van der Waals surface area contributed by atoms with E-state index < -0.39 is 0 Å². The van der Waals surface area contributed by atoms with Gasteiger partial charge >= 0.3 is 7.12 Å². The lowest BCUT2D eigenvalue weighted by atomic mass is 9.43. The van der Waals surface area contributed by atoms with Crippen molar-refractivity contribution in [1.82, 2.24) is 0 Å². The summed E-state index contributed by atoms with van der Waals surface area (Å²) >= 11 is 0. The molecule has 0 aromatic rings. The van der Waals surface area contributed by atoms with E-state index in [9.17, 15) is 0 Å². The second-order valence-corrected chi connectivity index (χ2v) is 6.91. The molecule has 5 atom stereocenters. The number of rotatable bonds is 2. The fourth-order valence-electron chi connectivity index (χ4n) is 4.27. The van der Waals surface area contributed by atoms with E-state index in [4.69, 9.17) is 15.0 Å². The van der Waals surface area contributed by atoms with Crippen molar-refractivity contribution in [2.75, 3.05) is 0 Å². The van der Waals surface area contributed by atoms with E-state index >= 15 is 0 Å². The van der Waals surface area contributed by atoms with Crippen LogP contribution in [0.1, 0.15) is 47.0 Å². The van der Waals surface area contributed by atoms with Gasteiger partial charge in [-0.3, -0.25) is 0 Å². The molecule has 4 rings (SSSR count). The largest absolute Gasteiger partial charge is 0.475 e. The maximum Gasteiger partial charge on any atom is 0.475 e. The minimum atomic E-state index is -0.190. The lowest BCUT2D eigenvalue weighted by Gasteiger charge is -2.64. The van der Waals surface area contributed by atoms with Gasteiger partial charge in [0, 0.05) is 5.94 Å². The van der Waals surface area contributed by atoms with Crippen LogP contribution >= 0.6 is 0 Å². The van der Waals surface area contributed by atoms with Gasteiger partial charge in [0.05, 0.1) is 11.7 Å². The lowest BCUT2D eigenvalue weighted by molar-refractivity contribution is -0.199. The van der Waals surface area contributed by atoms with Gasteiger partial charge in [-0.05, 0) is 43.4 Å². The molecule has 0 radical (unpaired) electrons. The molecule has 2 N–H and O–H groups in total. The van der Waals surface area contributed by atoms with Crippen LogP contribution in [-0.4, -0.2) is 24.8 Å². The summed E-state index contributed by atoms with van der Waals surface area (Å²) in [5, 5.41) is 0. The highest BCUT2D eigenvalue weighted by molar-refractivity contribution is 6.47. The number of hydrogen-bond donors (Lipinski definition) is 1. The van der Waals surface area contributed by atoms with Crippen LogP contribution < -0.4 is 5.73 Å². The zero-order chi connectivity index (χ0) is 12.4. The Balaban J connectivity index is 1.82. The molecule has 0 spiro atoms. The van der Waals surface area contributed by atoms with Crippen molar-refractivity contribution < 1.29 is 9.31 Å². The molecule has 4 heteroatoms. The van der Waals surface area contributed by atoms with Crippen molar-refractivity contribution in [1.29, 1.82) is 0 Å². The summed E-state index contributed by atoms with van der Waals surface area (Å²) in [6.45, 7) is 9.08. The molecule has 3 nitrogen and oxygen atoms in total. The monoisotopic (exact) mass is 237 g/mol. The Morgan fingerprint density at radius 3 is 2.65 bits per heavy atom. The van der Waals surface area contributed by atoms with Gasteiger partial charge in [0.1, 0.15) is 0 Å². The normalized spacial score (nSPS) is 48.5. The average Bonchev–Trinajstić information content (AvgIpc) is 2.64. The molecule has 1 heterocycles. The third kappa shape index (κ3) is 1.41. The average molecular weight is 237 g/mol. The fraction of sp³-hybridized carbons (Fsp3) is 1.00. The summed E-state index contributed by atoms with van der Waals surface area (Å²) in [6.07, 6.45) is 3.62. The summed E-state index contributed by atoms with van der Waals surface area (Å²) < 4.78 is 12.3. The first-order chi connectivity index (χ1) is 7.89. The summed E-state index contributed by atoms with van der Waals surface area (Å²) in [5.74, 6) is 1.45. The maximum atomic E-state index is 6.24. The molecule has 1 aliphatic heterocycles. The Hall–Kier alpha value is -0.0551. The van der Waals surface area contributed by atoms with Crippen LogP contribution in [0.15, 0.2) is 0 Å². The molecule has 4 fully saturated rings. The minimum absolute atomic E-state index is 0.0118. The Labute approximate surface area is 105 Å². The second kappa shape index (κ2) is 3.49. The molecule has 96 valence electrons. The van der Waals surface area contributed by atoms with E-state index in [0.29, 0.717) is 11.3 Å². The van der Waals surface area contributed by atoms with Gasteiger partial charge < -0.3 is 15.0 Å². The molecule has 1 unspecified atom stereocenters. The highest BCUT2D eigenvalue weighted by atomic mass is 16.7. The molecule has 3 aliphatic carbocycles. The Morgan fingerprint density at radius 2 is 2.06 bits per heavy atom. The van der Waals surface area contributed by atoms with E-state index in [1.165, 1.54) is 6.42 Å². The van der Waals surface area contributed by atoms with Crippen LogP contribution in [0, 0.1) is 17.3 Å². The van der Waals surface area contributed by atoms with Gasteiger partial charge in [0.25, 0.3) is 0 Å². The molecule has 0 aromatic heterocycles. The Bertz CT molecular complexity index is 335. The maximum absolute atomic E-state index is 6.24. The molecule has 17 heavy (non-hydrogen) atoms. The number of hydrogen-bond acceptors (Lipinski definition) is 3. The third-order valence-corrected chi connectivity index (χ3v) is 5.79. The first-order valence-electron chi connectivity index (χ1n) is 6.98. The SMILES string of the molecule is CC[C@H](N)B1OC2C[C@@H]3C[C@@H](C3(C)C)[C@]2(C)O1. The van der Waals surface area contributed by atoms with Gasteiger partial charge in [-0.1, -0.05) is 20.8 Å². The van der Waals surface area contributed by atoms with Crippen molar-refractivity contribution in [3.63, 3.8) is 0 Å². The first kappa shape index (κ1) is 12.0. The topological polar surface area (TPSA) is 44.5 Å². The van der Waals surface area contributed by atoms with Crippen LogP contribution in [0.2, 0.25) is 0 Å².